The molecular weight excluding hydrogens is 172 g/mol. The van der Waals surface area contributed by atoms with Crippen LogP contribution in [-0.4, -0.2) is 19.5 Å². The Morgan fingerprint density at radius 3 is 2.55 bits per heavy atom. The van der Waals surface area contributed by atoms with E-state index in [1.807, 2.05) is 0 Å². The summed E-state index contributed by atoms with van der Waals surface area (Å²) in [5, 5.41) is 2.91. The van der Waals surface area contributed by atoms with E-state index in [-0.39, 0.29) is 31.2 Å². The predicted octanol–water partition coefficient (Wildman–Crippen LogP) is 2.06. The van der Waals surface area contributed by atoms with Gasteiger partial charge < -0.3 is 5.32 Å². The van der Waals surface area contributed by atoms with Crippen molar-refractivity contribution in [2.75, 3.05) is 13.6 Å². The second-order valence-electron chi connectivity index (χ2n) is 3.02. The summed E-state index contributed by atoms with van der Waals surface area (Å²) in [6.07, 6.45) is 0.834. The standard InChI is InChI=1S/C7H13F2N.ClH/c1-10-5-6-2-3-7(8,9)4-6;/h6,10H,2-5H2,1H3;1H. The van der Waals surface area contributed by atoms with Gasteiger partial charge in [-0.1, -0.05) is 0 Å². The first-order valence-electron chi connectivity index (χ1n) is 3.66. The summed E-state index contributed by atoms with van der Waals surface area (Å²) in [6, 6.07) is 0. The van der Waals surface area contributed by atoms with E-state index >= 15 is 0 Å². The van der Waals surface area contributed by atoms with E-state index < -0.39 is 5.92 Å². The molecule has 1 nitrogen and oxygen atoms in total. The zero-order valence-electron chi connectivity index (χ0n) is 6.57. The highest BCUT2D eigenvalue weighted by molar-refractivity contribution is 5.85. The summed E-state index contributed by atoms with van der Waals surface area (Å²) >= 11 is 0. The Balaban J connectivity index is 0.000001000. The van der Waals surface area contributed by atoms with Crippen LogP contribution in [0.5, 0.6) is 0 Å². The molecule has 1 saturated carbocycles. The van der Waals surface area contributed by atoms with Crippen molar-refractivity contribution >= 4 is 12.4 Å². The van der Waals surface area contributed by atoms with Gasteiger partial charge >= 0.3 is 0 Å². The van der Waals surface area contributed by atoms with Crippen LogP contribution in [0.2, 0.25) is 0 Å². The molecule has 1 unspecified atom stereocenters. The molecule has 1 N–H and O–H groups in total. The van der Waals surface area contributed by atoms with Gasteiger partial charge in [0, 0.05) is 12.8 Å². The molecule has 1 rings (SSSR count). The number of alkyl halides is 2. The van der Waals surface area contributed by atoms with E-state index in [1.165, 1.54) is 0 Å². The van der Waals surface area contributed by atoms with Crippen LogP contribution in [0.3, 0.4) is 0 Å². The first-order chi connectivity index (χ1) is 4.64. The molecule has 1 aliphatic rings. The maximum absolute atomic E-state index is 12.5. The largest absolute Gasteiger partial charge is 0.319 e. The predicted molar refractivity (Wildman–Crippen MR) is 43.5 cm³/mol. The van der Waals surface area contributed by atoms with E-state index in [1.54, 1.807) is 7.05 Å². The second kappa shape index (κ2) is 4.21. The van der Waals surface area contributed by atoms with Crippen molar-refractivity contribution in [1.29, 1.82) is 0 Å². The van der Waals surface area contributed by atoms with Crippen molar-refractivity contribution < 1.29 is 8.78 Å². The number of hydrogen-bond acceptors (Lipinski definition) is 1. The summed E-state index contributed by atoms with van der Waals surface area (Å²) in [7, 11) is 1.80. The smallest absolute Gasteiger partial charge is 0.248 e. The van der Waals surface area contributed by atoms with Crippen molar-refractivity contribution in [2.45, 2.75) is 25.2 Å². The van der Waals surface area contributed by atoms with Crippen LogP contribution in [-0.2, 0) is 0 Å². The molecule has 0 aliphatic heterocycles. The van der Waals surface area contributed by atoms with Gasteiger partial charge in [0.05, 0.1) is 0 Å². The number of hydrogen-bond donors (Lipinski definition) is 1. The van der Waals surface area contributed by atoms with Crippen molar-refractivity contribution in [3.8, 4) is 0 Å². The Morgan fingerprint density at radius 2 is 2.18 bits per heavy atom. The van der Waals surface area contributed by atoms with Crippen LogP contribution in [0.4, 0.5) is 8.78 Å². The van der Waals surface area contributed by atoms with E-state index in [9.17, 15) is 8.78 Å². The van der Waals surface area contributed by atoms with E-state index in [2.05, 4.69) is 5.32 Å². The monoisotopic (exact) mass is 185 g/mol. The van der Waals surface area contributed by atoms with Crippen molar-refractivity contribution in [3.05, 3.63) is 0 Å². The Hall–Kier alpha value is 0.110. The average molecular weight is 186 g/mol. The van der Waals surface area contributed by atoms with Crippen LogP contribution >= 0.6 is 12.4 Å². The Kier molecular flexibility index (Phi) is 4.26. The first kappa shape index (κ1) is 11.1. The Morgan fingerprint density at radius 1 is 1.55 bits per heavy atom. The van der Waals surface area contributed by atoms with E-state index in [0.717, 1.165) is 6.54 Å². The van der Waals surface area contributed by atoms with Gasteiger partial charge in [-0.25, -0.2) is 8.78 Å². The lowest BCUT2D eigenvalue weighted by Crippen LogP contribution is -2.18. The number of rotatable bonds is 2. The highest BCUT2D eigenvalue weighted by atomic mass is 35.5. The third-order valence-corrected chi connectivity index (χ3v) is 2.00. The molecule has 4 heteroatoms. The van der Waals surface area contributed by atoms with Gasteiger partial charge in [0.15, 0.2) is 0 Å². The zero-order chi connectivity index (χ0) is 7.61. The lowest BCUT2D eigenvalue weighted by atomic mass is 10.1. The normalized spacial score (nSPS) is 28.1. The van der Waals surface area contributed by atoms with Crippen LogP contribution in [0.25, 0.3) is 0 Å². The maximum atomic E-state index is 12.5. The molecule has 0 radical (unpaired) electrons. The molecular formula is C7H14ClF2N. The quantitative estimate of drug-likeness (QED) is 0.695. The number of halogens is 3. The topological polar surface area (TPSA) is 12.0 Å². The van der Waals surface area contributed by atoms with Crippen molar-refractivity contribution in [2.24, 2.45) is 5.92 Å². The Bertz CT molecular complexity index is 119. The number of nitrogens with one attached hydrogen (secondary N) is 1. The van der Waals surface area contributed by atoms with Gasteiger partial charge in [-0.05, 0) is 25.9 Å². The summed E-state index contributed by atoms with van der Waals surface area (Å²) in [5.41, 5.74) is 0. The van der Waals surface area contributed by atoms with Crippen molar-refractivity contribution in [1.82, 2.24) is 5.32 Å². The highest BCUT2D eigenvalue weighted by Crippen LogP contribution is 2.38. The molecule has 0 bridgehead atoms. The summed E-state index contributed by atoms with van der Waals surface area (Å²) < 4.78 is 25.0. The third kappa shape index (κ3) is 3.34. The SMILES string of the molecule is CNCC1CCC(F)(F)C1.Cl. The van der Waals surface area contributed by atoms with Crippen LogP contribution < -0.4 is 5.32 Å². The highest BCUT2D eigenvalue weighted by Gasteiger charge is 2.38. The molecule has 0 aromatic rings. The summed E-state index contributed by atoms with van der Waals surface area (Å²) in [6.45, 7) is 0.732. The van der Waals surface area contributed by atoms with Gasteiger partial charge in [-0.2, -0.15) is 0 Å². The molecule has 1 aliphatic carbocycles. The summed E-state index contributed by atoms with van der Waals surface area (Å²) in [5.74, 6) is -2.18. The minimum atomic E-state index is -2.37. The molecule has 1 atom stereocenters. The molecule has 0 aromatic heterocycles. The van der Waals surface area contributed by atoms with Gasteiger partial charge in [-0.15, -0.1) is 12.4 Å². The van der Waals surface area contributed by atoms with Crippen LogP contribution in [0, 0.1) is 5.92 Å². The first-order valence-corrected chi connectivity index (χ1v) is 3.66. The lowest BCUT2D eigenvalue weighted by molar-refractivity contribution is 0.00516. The fourth-order valence-corrected chi connectivity index (χ4v) is 1.50. The minimum Gasteiger partial charge on any atom is -0.319 e. The molecule has 11 heavy (non-hydrogen) atoms. The maximum Gasteiger partial charge on any atom is 0.248 e. The third-order valence-electron chi connectivity index (χ3n) is 2.00. The zero-order valence-corrected chi connectivity index (χ0v) is 7.39. The van der Waals surface area contributed by atoms with Crippen molar-refractivity contribution in [3.63, 3.8) is 0 Å². The van der Waals surface area contributed by atoms with Gasteiger partial charge in [0.25, 0.3) is 0 Å². The molecule has 0 aromatic carbocycles. The van der Waals surface area contributed by atoms with Gasteiger partial charge in [-0.3, -0.25) is 0 Å². The fourth-order valence-electron chi connectivity index (χ4n) is 1.50. The van der Waals surface area contributed by atoms with Gasteiger partial charge in [0.1, 0.15) is 0 Å². The summed E-state index contributed by atoms with van der Waals surface area (Å²) in [4.78, 5) is 0. The fraction of sp³-hybridized carbons (Fsp3) is 1.00. The molecule has 0 saturated heterocycles. The second-order valence-corrected chi connectivity index (χ2v) is 3.02. The molecule has 1 fully saturated rings. The van der Waals surface area contributed by atoms with E-state index in [0.29, 0.717) is 6.42 Å². The van der Waals surface area contributed by atoms with Gasteiger partial charge in [0.2, 0.25) is 5.92 Å². The lowest BCUT2D eigenvalue weighted by Gasteiger charge is -2.08. The Labute approximate surface area is 72.0 Å². The minimum absolute atomic E-state index is 0. The molecule has 68 valence electrons. The average Bonchev–Trinajstić information content (AvgIpc) is 2.12. The molecule has 0 spiro atoms. The molecule has 0 amide bonds. The van der Waals surface area contributed by atoms with Crippen LogP contribution in [0.15, 0.2) is 0 Å². The van der Waals surface area contributed by atoms with Crippen LogP contribution in [0.1, 0.15) is 19.3 Å². The molecule has 0 heterocycles. The van der Waals surface area contributed by atoms with E-state index in [4.69, 9.17) is 0 Å².